The predicted octanol–water partition coefficient (Wildman–Crippen LogP) is 7.18. The van der Waals surface area contributed by atoms with Crippen molar-refractivity contribution in [2.75, 3.05) is 76.0 Å². The topological polar surface area (TPSA) is 274 Å². The summed E-state index contributed by atoms with van der Waals surface area (Å²) >= 11 is 0. The molecule has 0 saturated carbocycles. The second-order valence-electron chi connectivity index (χ2n) is 21.8. The monoisotopic (exact) mass is 1100 g/mol. The molecule has 79 heavy (non-hydrogen) atoms. The van der Waals surface area contributed by atoms with Crippen LogP contribution in [0.25, 0.3) is 11.0 Å². The van der Waals surface area contributed by atoms with Gasteiger partial charge in [0.15, 0.2) is 5.82 Å². The number of rotatable bonds is 32. The fourth-order valence-electron chi connectivity index (χ4n) is 9.58. The van der Waals surface area contributed by atoms with Crippen LogP contribution in [0.4, 0.5) is 22.2 Å². The van der Waals surface area contributed by atoms with E-state index in [0.717, 1.165) is 71.0 Å². The van der Waals surface area contributed by atoms with Gasteiger partial charge in [0.2, 0.25) is 29.6 Å². The van der Waals surface area contributed by atoms with Crippen molar-refractivity contribution >= 4 is 64.2 Å². The minimum atomic E-state index is -1.01. The van der Waals surface area contributed by atoms with Crippen molar-refractivity contribution in [3.05, 3.63) is 71.4 Å². The maximum Gasteiger partial charge on any atom is 0.410 e. The Labute approximate surface area is 465 Å². The molecule has 21 nitrogen and oxygen atoms in total. The van der Waals surface area contributed by atoms with Crippen LogP contribution in [0.15, 0.2) is 54.7 Å². The third-order valence-electron chi connectivity index (χ3n) is 14.6. The van der Waals surface area contributed by atoms with E-state index in [1.54, 1.807) is 57.0 Å². The number of amides is 5. The highest BCUT2D eigenvalue weighted by Gasteiger charge is 2.36. The van der Waals surface area contributed by atoms with E-state index in [9.17, 15) is 33.9 Å². The summed E-state index contributed by atoms with van der Waals surface area (Å²) in [6.45, 7) is 20.0. The first-order valence-electron chi connectivity index (χ1n) is 27.9. The van der Waals surface area contributed by atoms with E-state index in [1.165, 1.54) is 12.8 Å². The van der Waals surface area contributed by atoms with Crippen molar-refractivity contribution in [3.63, 3.8) is 0 Å². The van der Waals surface area contributed by atoms with Gasteiger partial charge in [0.05, 0.1) is 38.3 Å². The lowest BCUT2D eigenvalue weighted by Gasteiger charge is -2.34. The fraction of sp³-hybridized carbons (Fsp3) is 0.586. The van der Waals surface area contributed by atoms with Crippen LogP contribution in [-0.4, -0.2) is 137 Å². The molecule has 2 unspecified atom stereocenters. The van der Waals surface area contributed by atoms with Crippen LogP contribution in [0.2, 0.25) is 0 Å². The smallest absolute Gasteiger partial charge is 0.410 e. The molecule has 2 aromatic carbocycles. The molecule has 4 atom stereocenters. The molecule has 4 aromatic rings. The minimum absolute atomic E-state index is 0.0318. The number of ether oxygens (including phenoxy) is 3. The lowest BCUT2D eigenvalue weighted by molar-refractivity contribution is -0.148. The zero-order valence-corrected chi connectivity index (χ0v) is 48.0. The van der Waals surface area contributed by atoms with Gasteiger partial charge in [0.1, 0.15) is 30.0 Å². The van der Waals surface area contributed by atoms with E-state index in [-0.39, 0.29) is 57.0 Å². The first kappa shape index (κ1) is 62.8. The molecule has 0 bridgehead atoms. The number of carbonyl (C=O) groups excluding carboxylic acids is 5. The molecule has 1 saturated heterocycles. The van der Waals surface area contributed by atoms with Crippen LogP contribution in [0.3, 0.4) is 0 Å². The van der Waals surface area contributed by atoms with E-state index in [2.05, 4.69) is 78.1 Å². The number of hydrogen-bond acceptors (Lipinski definition) is 14. The standard InChI is InChI=1S/C58H87N11O10/c1-10-23-58(7,8)45(55(74)75)34-49(71)60-25-32-78-31-22-48(70)65-50(38(3)4)54(73)62-40(6)53(72)63-44-19-16-41(17-20-44)37-79-57(76)68-29-27-67(28-30-68)35-42-15-18-43(47(33-42)77-9)36-69-26-21-46-51(69)52(66-56(59)64-46)61-24-13-12-14-39(5)11-2/h15-21,26,33,38-40,45,50H,10-14,22-25,27-32,34-37H2,1-9H3,(H,60,71)(H,62,73)(H,63,72)(H,65,70)(H,74,75)(H3,59,61,64,66)/t39?,40-,45?,50-/m0/s1. The third kappa shape index (κ3) is 19.7. The number of anilines is 3. The average molecular weight is 1100 g/mol. The molecule has 1 fully saturated rings. The van der Waals surface area contributed by atoms with Gasteiger partial charge in [-0.1, -0.05) is 98.4 Å². The SMILES string of the molecule is CCCC(C)(C)C(CC(=O)NCCOCCC(=O)N[C@H](C(=O)N[C@@H](C)C(=O)Nc1ccc(COC(=O)N2CCN(Cc3ccc(Cn4ccc5nc(N)nc(NCCCCC(C)CC)c54)c(OC)c3)CC2)cc1)C(C)C)C(=O)O. The van der Waals surface area contributed by atoms with Gasteiger partial charge in [-0.25, -0.2) is 9.78 Å². The number of nitrogen functional groups attached to an aromatic ring is 1. The molecule has 2 aromatic heterocycles. The maximum absolute atomic E-state index is 13.2. The number of carboxylic acids is 1. The Morgan fingerprint density at radius 3 is 2.23 bits per heavy atom. The van der Waals surface area contributed by atoms with Gasteiger partial charge in [-0.3, -0.25) is 28.9 Å². The molecule has 434 valence electrons. The zero-order chi connectivity index (χ0) is 57.6. The molecule has 0 spiro atoms. The minimum Gasteiger partial charge on any atom is -0.496 e. The number of aromatic nitrogens is 3. The molecule has 21 heteroatoms. The van der Waals surface area contributed by atoms with Crippen LogP contribution in [0, 0.1) is 23.2 Å². The molecule has 3 heterocycles. The maximum atomic E-state index is 13.2. The second-order valence-corrected chi connectivity index (χ2v) is 21.8. The van der Waals surface area contributed by atoms with Gasteiger partial charge in [0, 0.05) is 76.1 Å². The van der Waals surface area contributed by atoms with Crippen molar-refractivity contribution in [2.24, 2.45) is 23.2 Å². The third-order valence-corrected chi connectivity index (χ3v) is 14.6. The zero-order valence-electron chi connectivity index (χ0n) is 48.0. The second kappa shape index (κ2) is 31.0. The Bertz CT molecular complexity index is 2630. The lowest BCUT2D eigenvalue weighted by atomic mass is 9.74. The molecule has 5 amide bonds. The molecule has 8 N–H and O–H groups in total. The van der Waals surface area contributed by atoms with Crippen LogP contribution >= 0.6 is 0 Å². The van der Waals surface area contributed by atoms with E-state index in [1.807, 2.05) is 33.0 Å². The van der Waals surface area contributed by atoms with Gasteiger partial charge in [0.25, 0.3) is 0 Å². The number of fused-ring (bicyclic) bond motifs is 1. The number of nitrogens with zero attached hydrogens (tertiary/aromatic N) is 5. The Morgan fingerprint density at radius 1 is 0.835 bits per heavy atom. The summed E-state index contributed by atoms with van der Waals surface area (Å²) in [6.07, 6.45) is 7.49. The Kier molecular flexibility index (Phi) is 24.6. The molecular weight excluding hydrogens is 1010 g/mol. The van der Waals surface area contributed by atoms with Gasteiger partial charge in [-0.15, -0.1) is 0 Å². The first-order valence-corrected chi connectivity index (χ1v) is 27.9. The summed E-state index contributed by atoms with van der Waals surface area (Å²) in [4.78, 5) is 89.6. The van der Waals surface area contributed by atoms with Crippen LogP contribution < -0.4 is 37.1 Å². The van der Waals surface area contributed by atoms with Gasteiger partial charge < -0.3 is 61.1 Å². The number of benzene rings is 2. The van der Waals surface area contributed by atoms with Crippen LogP contribution in [0.1, 0.15) is 123 Å². The molecule has 1 aliphatic heterocycles. The van der Waals surface area contributed by atoms with Crippen LogP contribution in [-0.2, 0) is 53.1 Å². The molecular formula is C58H87N11O10. The van der Waals surface area contributed by atoms with Crippen molar-refractivity contribution in [1.29, 1.82) is 0 Å². The summed E-state index contributed by atoms with van der Waals surface area (Å²) in [6, 6.07) is 13.3. The number of unbranched alkanes of at least 4 members (excludes halogenated alkanes) is 1. The van der Waals surface area contributed by atoms with Crippen molar-refractivity contribution in [3.8, 4) is 5.75 Å². The Morgan fingerprint density at radius 2 is 1.56 bits per heavy atom. The lowest BCUT2D eigenvalue weighted by Crippen LogP contribution is -2.53. The number of nitrogens with one attached hydrogen (secondary N) is 5. The highest BCUT2D eigenvalue weighted by atomic mass is 16.6. The molecule has 0 aliphatic carbocycles. The van der Waals surface area contributed by atoms with E-state index in [0.29, 0.717) is 51.4 Å². The number of nitrogens with two attached hydrogens (primary N) is 1. The molecule has 1 aliphatic rings. The van der Waals surface area contributed by atoms with Crippen LogP contribution in [0.5, 0.6) is 5.75 Å². The van der Waals surface area contributed by atoms with Crippen molar-refractivity contribution < 1.29 is 48.1 Å². The van der Waals surface area contributed by atoms with Crippen molar-refractivity contribution in [2.45, 2.75) is 139 Å². The summed E-state index contributed by atoms with van der Waals surface area (Å²) in [7, 11) is 1.68. The molecule has 0 radical (unpaired) electrons. The average Bonchev–Trinajstić information content (AvgIpc) is 3.83. The quantitative estimate of drug-likeness (QED) is 0.0239. The first-order chi connectivity index (χ1) is 37.7. The number of hydrogen-bond donors (Lipinski definition) is 7. The van der Waals surface area contributed by atoms with Gasteiger partial charge >= 0.3 is 12.1 Å². The number of carboxylic acid groups (broad SMARTS) is 1. The summed E-state index contributed by atoms with van der Waals surface area (Å²) in [5.74, 6) is -1.45. The summed E-state index contributed by atoms with van der Waals surface area (Å²) in [5.41, 5.74) is 10.6. The number of carbonyl (C=O) groups is 6. The van der Waals surface area contributed by atoms with Crippen molar-refractivity contribution in [1.82, 2.24) is 40.3 Å². The number of aliphatic carboxylic acids is 1. The van der Waals surface area contributed by atoms with Gasteiger partial charge in [-0.2, -0.15) is 4.98 Å². The Hall–Kier alpha value is -7.00. The summed E-state index contributed by atoms with van der Waals surface area (Å²) in [5, 5.41) is 24.1. The Balaban J connectivity index is 0.989. The predicted molar refractivity (Wildman–Crippen MR) is 305 cm³/mol. The van der Waals surface area contributed by atoms with Gasteiger partial charge in [-0.05, 0) is 72.4 Å². The number of piperazine rings is 1. The highest BCUT2D eigenvalue weighted by molar-refractivity contribution is 5.98. The van der Waals surface area contributed by atoms with E-state index < -0.39 is 53.2 Å². The van der Waals surface area contributed by atoms with E-state index in [4.69, 9.17) is 19.9 Å². The molecule has 5 rings (SSSR count). The highest BCUT2D eigenvalue weighted by Crippen LogP contribution is 2.35. The normalized spacial score (nSPS) is 14.5. The van der Waals surface area contributed by atoms with E-state index >= 15 is 0 Å². The summed E-state index contributed by atoms with van der Waals surface area (Å²) < 4.78 is 19.2. The largest absolute Gasteiger partial charge is 0.496 e. The fourth-order valence-corrected chi connectivity index (χ4v) is 9.58. The number of methoxy groups -OCH3 is 1.